The lowest BCUT2D eigenvalue weighted by molar-refractivity contribution is -0.274. The summed E-state index contributed by atoms with van der Waals surface area (Å²) in [5.41, 5.74) is 2.32. The first-order chi connectivity index (χ1) is 9.90. The SMILES string of the molecule is C=C1Cc2cc(-c3ccc(OC(F)(F)F)cc3)ncc2O1. The molecule has 0 atom stereocenters. The van der Waals surface area contributed by atoms with Gasteiger partial charge in [-0.15, -0.1) is 13.2 Å². The van der Waals surface area contributed by atoms with Gasteiger partial charge in [-0.1, -0.05) is 6.58 Å². The Morgan fingerprint density at radius 1 is 1.19 bits per heavy atom. The first kappa shape index (κ1) is 13.5. The molecule has 1 aromatic heterocycles. The number of alkyl halides is 3. The van der Waals surface area contributed by atoms with Crippen molar-refractivity contribution in [2.75, 3.05) is 0 Å². The summed E-state index contributed by atoms with van der Waals surface area (Å²) in [6.07, 6.45) is -2.49. The van der Waals surface area contributed by atoms with E-state index in [0.29, 0.717) is 29.2 Å². The van der Waals surface area contributed by atoms with Gasteiger partial charge in [-0.3, -0.25) is 4.98 Å². The van der Waals surface area contributed by atoms with Crippen molar-refractivity contribution in [2.24, 2.45) is 0 Å². The number of benzene rings is 1. The van der Waals surface area contributed by atoms with Gasteiger partial charge in [0.15, 0.2) is 0 Å². The topological polar surface area (TPSA) is 31.4 Å². The summed E-state index contributed by atoms with van der Waals surface area (Å²) in [5, 5.41) is 0. The standard InChI is InChI=1S/C15H10F3NO2/c1-9-6-11-7-13(19-8-14(11)20-9)10-2-4-12(5-3-10)21-15(16,17)18/h2-5,7-8H,1,6H2. The first-order valence-corrected chi connectivity index (χ1v) is 6.11. The molecule has 0 radical (unpaired) electrons. The Morgan fingerprint density at radius 2 is 1.90 bits per heavy atom. The maximum Gasteiger partial charge on any atom is 0.573 e. The number of ether oxygens (including phenoxy) is 2. The fourth-order valence-corrected chi connectivity index (χ4v) is 2.10. The summed E-state index contributed by atoms with van der Waals surface area (Å²) in [6.45, 7) is 3.74. The minimum absolute atomic E-state index is 0.260. The molecule has 0 saturated heterocycles. The lowest BCUT2D eigenvalue weighted by atomic mass is 10.1. The Hall–Kier alpha value is -2.50. The zero-order chi connectivity index (χ0) is 15.0. The third-order valence-electron chi connectivity index (χ3n) is 2.97. The van der Waals surface area contributed by atoms with Crippen LogP contribution in [0.15, 0.2) is 48.9 Å². The summed E-state index contributed by atoms with van der Waals surface area (Å²) in [4.78, 5) is 4.23. The Labute approximate surface area is 118 Å². The van der Waals surface area contributed by atoms with Crippen molar-refractivity contribution in [3.63, 3.8) is 0 Å². The number of hydrogen-bond donors (Lipinski definition) is 0. The molecule has 0 N–H and O–H groups in total. The Bertz CT molecular complexity index is 693. The van der Waals surface area contributed by atoms with Gasteiger partial charge in [0.1, 0.15) is 17.3 Å². The molecule has 6 heteroatoms. The van der Waals surface area contributed by atoms with E-state index in [1.807, 2.05) is 6.07 Å². The molecule has 2 aromatic rings. The highest BCUT2D eigenvalue weighted by Crippen LogP contribution is 2.33. The van der Waals surface area contributed by atoms with Crippen molar-refractivity contribution >= 4 is 0 Å². The minimum atomic E-state index is -4.69. The van der Waals surface area contributed by atoms with Gasteiger partial charge in [-0.25, -0.2) is 0 Å². The maximum atomic E-state index is 12.1. The van der Waals surface area contributed by atoms with Gasteiger partial charge >= 0.3 is 6.36 Å². The van der Waals surface area contributed by atoms with Gasteiger partial charge in [-0.2, -0.15) is 0 Å². The second-order valence-corrected chi connectivity index (χ2v) is 4.57. The highest BCUT2D eigenvalue weighted by molar-refractivity contribution is 5.62. The summed E-state index contributed by atoms with van der Waals surface area (Å²) in [5.74, 6) is 1.06. The van der Waals surface area contributed by atoms with Gasteiger partial charge in [0, 0.05) is 17.5 Å². The van der Waals surface area contributed by atoms with Crippen molar-refractivity contribution in [1.82, 2.24) is 4.98 Å². The molecule has 0 amide bonds. The molecule has 1 aromatic carbocycles. The average molecular weight is 293 g/mol. The largest absolute Gasteiger partial charge is 0.573 e. The maximum absolute atomic E-state index is 12.1. The second-order valence-electron chi connectivity index (χ2n) is 4.57. The van der Waals surface area contributed by atoms with Crippen LogP contribution in [0.5, 0.6) is 11.5 Å². The van der Waals surface area contributed by atoms with E-state index in [2.05, 4.69) is 16.3 Å². The predicted octanol–water partition coefficient (Wildman–Crippen LogP) is 4.10. The van der Waals surface area contributed by atoms with E-state index in [9.17, 15) is 13.2 Å². The third-order valence-corrected chi connectivity index (χ3v) is 2.97. The van der Waals surface area contributed by atoms with E-state index in [-0.39, 0.29) is 5.75 Å². The van der Waals surface area contributed by atoms with E-state index in [0.717, 1.165) is 5.56 Å². The van der Waals surface area contributed by atoms with Crippen LogP contribution < -0.4 is 9.47 Å². The van der Waals surface area contributed by atoms with E-state index >= 15 is 0 Å². The molecule has 21 heavy (non-hydrogen) atoms. The predicted molar refractivity (Wildman–Crippen MR) is 69.8 cm³/mol. The fourth-order valence-electron chi connectivity index (χ4n) is 2.10. The summed E-state index contributed by atoms with van der Waals surface area (Å²) in [7, 11) is 0. The Kier molecular flexibility index (Phi) is 3.08. The van der Waals surface area contributed by atoms with Crippen molar-refractivity contribution in [2.45, 2.75) is 12.8 Å². The molecule has 1 aliphatic rings. The van der Waals surface area contributed by atoms with Gasteiger partial charge in [-0.05, 0) is 30.3 Å². The van der Waals surface area contributed by atoms with Crippen LogP contribution in [0, 0.1) is 0 Å². The quantitative estimate of drug-likeness (QED) is 0.835. The van der Waals surface area contributed by atoms with Crippen LogP contribution in [0.3, 0.4) is 0 Å². The van der Waals surface area contributed by atoms with E-state index < -0.39 is 6.36 Å². The van der Waals surface area contributed by atoms with Crippen LogP contribution in [-0.2, 0) is 6.42 Å². The fraction of sp³-hybridized carbons (Fsp3) is 0.133. The van der Waals surface area contributed by atoms with E-state index in [4.69, 9.17) is 4.74 Å². The Morgan fingerprint density at radius 3 is 2.57 bits per heavy atom. The summed E-state index contributed by atoms with van der Waals surface area (Å²) in [6, 6.07) is 7.41. The molecule has 1 aliphatic heterocycles. The number of rotatable bonds is 2. The summed E-state index contributed by atoms with van der Waals surface area (Å²) >= 11 is 0. The van der Waals surface area contributed by atoms with Crippen molar-refractivity contribution < 1.29 is 22.6 Å². The van der Waals surface area contributed by atoms with Crippen LogP contribution in [0.25, 0.3) is 11.3 Å². The van der Waals surface area contributed by atoms with Crippen LogP contribution >= 0.6 is 0 Å². The molecule has 2 heterocycles. The smallest absolute Gasteiger partial charge is 0.460 e. The normalized spacial score (nSPS) is 13.8. The summed E-state index contributed by atoms with van der Waals surface area (Å²) < 4.78 is 45.5. The van der Waals surface area contributed by atoms with Crippen LogP contribution in [0.4, 0.5) is 13.2 Å². The lowest BCUT2D eigenvalue weighted by Gasteiger charge is -2.09. The monoisotopic (exact) mass is 293 g/mol. The second kappa shape index (κ2) is 4.80. The highest BCUT2D eigenvalue weighted by atomic mass is 19.4. The van der Waals surface area contributed by atoms with Crippen molar-refractivity contribution in [3.05, 3.63) is 54.4 Å². The molecule has 3 nitrogen and oxygen atoms in total. The van der Waals surface area contributed by atoms with Gasteiger partial charge in [0.05, 0.1) is 11.9 Å². The minimum Gasteiger partial charge on any atom is -0.460 e. The molecular formula is C15H10F3NO2. The highest BCUT2D eigenvalue weighted by Gasteiger charge is 2.31. The average Bonchev–Trinajstić information content (AvgIpc) is 2.76. The molecular weight excluding hydrogens is 283 g/mol. The first-order valence-electron chi connectivity index (χ1n) is 6.11. The van der Waals surface area contributed by atoms with Crippen molar-refractivity contribution in [3.8, 4) is 22.8 Å². The Balaban J connectivity index is 1.85. The molecule has 0 unspecified atom stereocenters. The molecule has 108 valence electrons. The molecule has 0 aliphatic carbocycles. The molecule has 0 fully saturated rings. The van der Waals surface area contributed by atoms with Crippen molar-refractivity contribution in [1.29, 1.82) is 0 Å². The van der Waals surface area contributed by atoms with Crippen LogP contribution in [-0.4, -0.2) is 11.3 Å². The van der Waals surface area contributed by atoms with Gasteiger partial charge in [0.2, 0.25) is 0 Å². The van der Waals surface area contributed by atoms with Crippen LogP contribution in [0.1, 0.15) is 5.56 Å². The zero-order valence-corrected chi connectivity index (χ0v) is 10.8. The molecule has 0 spiro atoms. The van der Waals surface area contributed by atoms with E-state index in [1.54, 1.807) is 6.20 Å². The van der Waals surface area contributed by atoms with E-state index in [1.165, 1.54) is 24.3 Å². The van der Waals surface area contributed by atoms with Gasteiger partial charge in [0.25, 0.3) is 0 Å². The third kappa shape index (κ3) is 2.99. The molecule has 0 bridgehead atoms. The number of fused-ring (bicyclic) bond motifs is 1. The number of hydrogen-bond acceptors (Lipinski definition) is 3. The molecule has 3 rings (SSSR count). The number of halogens is 3. The number of pyridine rings is 1. The number of aromatic nitrogens is 1. The number of nitrogens with zero attached hydrogens (tertiary/aromatic N) is 1. The zero-order valence-electron chi connectivity index (χ0n) is 10.8. The molecule has 0 saturated carbocycles. The van der Waals surface area contributed by atoms with Crippen LogP contribution in [0.2, 0.25) is 0 Å². The number of allylic oxidation sites excluding steroid dienone is 1. The van der Waals surface area contributed by atoms with Gasteiger partial charge < -0.3 is 9.47 Å². The lowest BCUT2D eigenvalue weighted by Crippen LogP contribution is -2.16.